The number of thiophene rings is 1. The third-order valence-electron chi connectivity index (χ3n) is 21.5. The van der Waals surface area contributed by atoms with E-state index in [0.717, 1.165) is 67.3 Å². The van der Waals surface area contributed by atoms with Gasteiger partial charge >= 0.3 is 0 Å². The summed E-state index contributed by atoms with van der Waals surface area (Å²) >= 11 is 1.92. The number of furan rings is 1. The second-order valence-corrected chi connectivity index (χ2v) is 34.7. The van der Waals surface area contributed by atoms with Crippen LogP contribution in [0.25, 0.3) is 80.7 Å². The lowest BCUT2D eigenvalue weighted by Gasteiger charge is -2.36. The van der Waals surface area contributed by atoms with Crippen LogP contribution in [0.4, 0.5) is 34.1 Å². The van der Waals surface area contributed by atoms with Crippen molar-refractivity contribution in [2.45, 2.75) is 150 Å². The van der Waals surface area contributed by atoms with E-state index in [1.807, 2.05) is 11.3 Å². The summed E-state index contributed by atoms with van der Waals surface area (Å²) in [7, 11) is 0. The summed E-state index contributed by atoms with van der Waals surface area (Å²) in [5, 5.41) is 7.07. The molecular formula is C95H91N3OS. The average molecular weight is 1320 g/mol. The topological polar surface area (TPSA) is 24.6 Å². The van der Waals surface area contributed by atoms with Crippen LogP contribution in [0.2, 0.25) is 0 Å². The molecule has 16 rings (SSSR count). The zero-order chi connectivity index (χ0) is 69.9. The van der Waals surface area contributed by atoms with Gasteiger partial charge in [-0.3, -0.25) is 0 Å². The highest BCUT2D eigenvalue weighted by atomic mass is 32.1. The van der Waals surface area contributed by atoms with Crippen molar-refractivity contribution in [1.82, 2.24) is 4.57 Å². The van der Waals surface area contributed by atoms with Gasteiger partial charge in [0.15, 0.2) is 5.58 Å². The molecule has 0 radical (unpaired) electrons. The molecular weight excluding hydrogens is 1230 g/mol. The maximum Gasteiger partial charge on any atom is 0.160 e. The zero-order valence-corrected chi connectivity index (χ0v) is 62.1. The largest absolute Gasteiger partial charge is 0.454 e. The van der Waals surface area contributed by atoms with Gasteiger partial charge in [-0.05, 0) is 211 Å². The molecule has 100 heavy (non-hydrogen) atoms. The van der Waals surface area contributed by atoms with E-state index in [9.17, 15) is 0 Å². The van der Waals surface area contributed by atoms with Gasteiger partial charge in [0.05, 0.1) is 27.8 Å². The third-order valence-corrected chi connectivity index (χ3v) is 22.7. The standard InChI is InChI=1S/C95H91N3OS/c1-58-24-22-26-70(52-58)96(67-44-36-61(37-45-67)91(6,7)8)80-56-77-87(89-84(80)73-29-19-21-31-83(73)100-89)86-76(57-81(88-85(86)72-28-18-20-30-82(72)99-88)97(71-27-23-25-59(2)53-71)68-46-38-62(39-47-68)92(9,10)11)95(77,64-34-32-60(33-35-64)90(3,4)5)66-43-51-79-75(55-66)74-54-65(94(15,16)17)42-50-78(74)98(79)69-48-40-63(41-49-69)93(12,13)14/h18-57H,1-17H3. The van der Waals surface area contributed by atoms with Crippen molar-refractivity contribution in [2.24, 2.45) is 0 Å². The molecule has 0 N–H and O–H groups in total. The minimum absolute atomic E-state index is 0.000503. The first-order valence-electron chi connectivity index (χ1n) is 35.8. The summed E-state index contributed by atoms with van der Waals surface area (Å²) in [6.07, 6.45) is 0. The smallest absolute Gasteiger partial charge is 0.160 e. The Morgan fingerprint density at radius 1 is 0.350 bits per heavy atom. The molecule has 3 aromatic heterocycles. The third kappa shape index (κ3) is 10.5. The van der Waals surface area contributed by atoms with Gasteiger partial charge < -0.3 is 18.8 Å². The fourth-order valence-corrected chi connectivity index (χ4v) is 17.4. The Morgan fingerprint density at radius 2 is 0.800 bits per heavy atom. The van der Waals surface area contributed by atoms with Gasteiger partial charge in [-0.25, -0.2) is 0 Å². The Hall–Kier alpha value is -9.94. The van der Waals surface area contributed by atoms with E-state index in [4.69, 9.17) is 4.42 Å². The van der Waals surface area contributed by atoms with Gasteiger partial charge in [0, 0.05) is 81.3 Å². The Labute approximate surface area is 595 Å². The Kier molecular flexibility index (Phi) is 14.9. The molecule has 5 heteroatoms. The highest BCUT2D eigenvalue weighted by Gasteiger charge is 2.51. The molecule has 0 saturated carbocycles. The summed E-state index contributed by atoms with van der Waals surface area (Å²) in [4.78, 5) is 5.06. The van der Waals surface area contributed by atoms with Crippen molar-refractivity contribution in [1.29, 1.82) is 0 Å². The SMILES string of the molecule is Cc1cccc(N(c2ccc(C(C)(C)C)cc2)c2cc3c(c4c2oc2ccccc24)-c2c(cc(N(c4ccc(C(C)(C)C)cc4)c4cccc(C)c4)c4c2sc2ccccc24)C3(c2ccc(C(C)(C)C)cc2)c2ccc3c(c2)c2cc(C(C)(C)C)ccc2n3-c2ccc(C(C)(C)C)cc2)c1. The molecule has 3 heterocycles. The number of hydrogen-bond donors (Lipinski definition) is 0. The molecule has 1 aliphatic carbocycles. The van der Waals surface area contributed by atoms with Crippen LogP contribution in [-0.2, 0) is 32.5 Å². The maximum absolute atomic E-state index is 7.65. The first-order chi connectivity index (χ1) is 47.5. The number of para-hydroxylation sites is 1. The number of hydrogen-bond acceptors (Lipinski definition) is 4. The van der Waals surface area contributed by atoms with Crippen LogP contribution in [0, 0.1) is 13.8 Å². The van der Waals surface area contributed by atoms with Crippen LogP contribution in [0.5, 0.6) is 0 Å². The number of rotatable bonds is 9. The van der Waals surface area contributed by atoms with E-state index in [1.165, 1.54) is 109 Å². The summed E-state index contributed by atoms with van der Waals surface area (Å²) in [6.45, 7) is 39.2. The second-order valence-electron chi connectivity index (χ2n) is 33.6. The molecule has 12 aromatic carbocycles. The lowest BCUT2D eigenvalue weighted by molar-refractivity contribution is 0.589. The molecule has 0 saturated heterocycles. The molecule has 0 spiro atoms. The lowest BCUT2D eigenvalue weighted by atomic mass is 9.66. The fourth-order valence-electron chi connectivity index (χ4n) is 16.1. The van der Waals surface area contributed by atoms with Crippen molar-refractivity contribution in [3.05, 3.63) is 304 Å². The number of fused-ring (bicyclic) bond motifs is 14. The van der Waals surface area contributed by atoms with Gasteiger partial charge in [0.1, 0.15) is 5.58 Å². The first kappa shape index (κ1) is 64.7. The molecule has 0 aliphatic heterocycles. The normalized spacial score (nSPS) is 14.5. The highest BCUT2D eigenvalue weighted by Crippen LogP contribution is 2.66. The van der Waals surface area contributed by atoms with Crippen LogP contribution in [0.15, 0.2) is 247 Å². The van der Waals surface area contributed by atoms with Crippen LogP contribution >= 0.6 is 11.3 Å². The predicted molar refractivity (Wildman–Crippen MR) is 431 cm³/mol. The molecule has 4 nitrogen and oxygen atoms in total. The summed E-state index contributed by atoms with van der Waals surface area (Å²) < 4.78 is 12.6. The minimum atomic E-state index is -0.997. The van der Waals surface area contributed by atoms with E-state index in [1.54, 1.807) is 0 Å². The Morgan fingerprint density at radius 3 is 1.35 bits per heavy atom. The van der Waals surface area contributed by atoms with Crippen molar-refractivity contribution >= 4 is 109 Å². The number of aryl methyl sites for hydroxylation is 2. The van der Waals surface area contributed by atoms with E-state index in [0.29, 0.717) is 0 Å². The maximum atomic E-state index is 7.65. The van der Waals surface area contributed by atoms with Crippen molar-refractivity contribution in [3.63, 3.8) is 0 Å². The Bertz CT molecular complexity index is 5740. The molecule has 0 fully saturated rings. The molecule has 0 bridgehead atoms. The van der Waals surface area contributed by atoms with Crippen LogP contribution in [-0.4, -0.2) is 4.57 Å². The van der Waals surface area contributed by atoms with Crippen molar-refractivity contribution in [3.8, 4) is 16.8 Å². The minimum Gasteiger partial charge on any atom is -0.454 e. The van der Waals surface area contributed by atoms with E-state index in [-0.39, 0.29) is 27.1 Å². The summed E-state index contributed by atoms with van der Waals surface area (Å²) in [5.41, 5.74) is 26.3. The molecule has 498 valence electrons. The predicted octanol–water partition coefficient (Wildman–Crippen LogP) is 27.5. The fraction of sp³-hybridized carbons (Fsp3) is 0.242. The number of anilines is 6. The first-order valence-corrected chi connectivity index (χ1v) is 36.6. The number of nitrogens with zero attached hydrogens (tertiary/aromatic N) is 3. The monoisotopic (exact) mass is 1320 g/mol. The average Bonchev–Trinajstić information content (AvgIpc) is 1.50. The van der Waals surface area contributed by atoms with Gasteiger partial charge in [-0.15, -0.1) is 11.3 Å². The second kappa shape index (κ2) is 23.1. The molecule has 1 aliphatic rings. The van der Waals surface area contributed by atoms with E-state index in [2.05, 4.69) is 375 Å². The molecule has 15 aromatic rings. The van der Waals surface area contributed by atoms with E-state index < -0.39 is 5.41 Å². The Balaban J connectivity index is 1.14. The summed E-state index contributed by atoms with van der Waals surface area (Å²) in [5.74, 6) is 0. The summed E-state index contributed by atoms with van der Waals surface area (Å²) in [6, 6.07) is 94.0. The van der Waals surface area contributed by atoms with Crippen LogP contribution < -0.4 is 9.80 Å². The van der Waals surface area contributed by atoms with Crippen molar-refractivity contribution < 1.29 is 4.42 Å². The number of benzene rings is 12. The van der Waals surface area contributed by atoms with Crippen molar-refractivity contribution in [2.75, 3.05) is 9.80 Å². The van der Waals surface area contributed by atoms with Gasteiger partial charge in [-0.1, -0.05) is 237 Å². The van der Waals surface area contributed by atoms with Crippen LogP contribution in [0.1, 0.15) is 165 Å². The molecule has 0 amide bonds. The number of aromatic nitrogens is 1. The molecule has 1 atom stereocenters. The lowest BCUT2D eigenvalue weighted by Crippen LogP contribution is -2.29. The van der Waals surface area contributed by atoms with Gasteiger partial charge in [0.2, 0.25) is 0 Å². The van der Waals surface area contributed by atoms with E-state index >= 15 is 0 Å². The van der Waals surface area contributed by atoms with Crippen LogP contribution in [0.3, 0.4) is 0 Å². The zero-order valence-electron chi connectivity index (χ0n) is 61.3. The van der Waals surface area contributed by atoms with Gasteiger partial charge in [0.25, 0.3) is 0 Å². The van der Waals surface area contributed by atoms with Gasteiger partial charge in [-0.2, -0.15) is 0 Å². The highest BCUT2D eigenvalue weighted by molar-refractivity contribution is 7.26. The quantitative estimate of drug-likeness (QED) is 0.144. The molecule has 1 unspecified atom stereocenters.